The van der Waals surface area contributed by atoms with Crippen molar-refractivity contribution in [3.8, 4) is 0 Å². The maximum Gasteiger partial charge on any atom is 0.195 e. The molecule has 1 saturated heterocycles. The monoisotopic (exact) mass is 347 g/mol. The van der Waals surface area contributed by atoms with Gasteiger partial charge in [-0.25, -0.2) is 4.98 Å². The third-order valence-electron chi connectivity index (χ3n) is 5.34. The molecule has 1 atom stereocenters. The summed E-state index contributed by atoms with van der Waals surface area (Å²) in [5.41, 5.74) is 3.31. The quantitative estimate of drug-likeness (QED) is 0.646. The lowest BCUT2D eigenvalue weighted by Crippen LogP contribution is -2.41. The number of hydrogen-bond donors (Lipinski definition) is 0. The molecule has 1 aliphatic heterocycles. The first kappa shape index (κ1) is 17.0. The Balaban J connectivity index is 1.63. The average Bonchev–Trinajstić information content (AvgIpc) is 3.03. The summed E-state index contributed by atoms with van der Waals surface area (Å²) in [4.78, 5) is 19.3. The van der Waals surface area contributed by atoms with Crippen molar-refractivity contribution in [3.05, 3.63) is 66.0 Å². The highest BCUT2D eigenvalue weighted by Crippen LogP contribution is 2.24. The van der Waals surface area contributed by atoms with Crippen LogP contribution in [0.2, 0.25) is 0 Å². The van der Waals surface area contributed by atoms with Crippen LogP contribution in [-0.2, 0) is 13.1 Å². The van der Waals surface area contributed by atoms with E-state index in [1.54, 1.807) is 6.92 Å². The van der Waals surface area contributed by atoms with Crippen LogP contribution in [0.3, 0.4) is 0 Å². The van der Waals surface area contributed by atoms with Crippen LogP contribution in [-0.4, -0.2) is 32.8 Å². The number of carbonyl (C=O) groups is 1. The van der Waals surface area contributed by atoms with E-state index in [0.717, 1.165) is 37.1 Å². The van der Waals surface area contributed by atoms with Gasteiger partial charge in [0.05, 0.1) is 11.0 Å². The minimum atomic E-state index is 0.0339. The van der Waals surface area contributed by atoms with E-state index in [9.17, 15) is 4.79 Å². The fourth-order valence-corrected chi connectivity index (χ4v) is 4.03. The third kappa shape index (κ3) is 3.42. The van der Waals surface area contributed by atoms with Crippen molar-refractivity contribution in [2.75, 3.05) is 6.54 Å². The highest BCUT2D eigenvalue weighted by atomic mass is 16.1. The molecule has 0 bridgehead atoms. The molecule has 0 radical (unpaired) electrons. The van der Waals surface area contributed by atoms with Crippen molar-refractivity contribution in [2.45, 2.75) is 45.3 Å². The van der Waals surface area contributed by atoms with Crippen molar-refractivity contribution >= 4 is 16.8 Å². The van der Waals surface area contributed by atoms with Gasteiger partial charge >= 0.3 is 0 Å². The van der Waals surface area contributed by atoms with Crippen LogP contribution < -0.4 is 0 Å². The molecule has 1 aliphatic rings. The van der Waals surface area contributed by atoms with Crippen molar-refractivity contribution in [1.82, 2.24) is 14.5 Å². The van der Waals surface area contributed by atoms with Crippen molar-refractivity contribution in [3.63, 3.8) is 0 Å². The van der Waals surface area contributed by atoms with Crippen LogP contribution in [0, 0.1) is 0 Å². The Morgan fingerprint density at radius 1 is 1.08 bits per heavy atom. The lowest BCUT2D eigenvalue weighted by Gasteiger charge is -2.36. The van der Waals surface area contributed by atoms with Gasteiger partial charge in [-0.3, -0.25) is 9.69 Å². The Hall–Kier alpha value is -2.46. The van der Waals surface area contributed by atoms with E-state index in [1.807, 2.05) is 18.2 Å². The number of carbonyl (C=O) groups excluding carboxylic acids is 1. The minimum absolute atomic E-state index is 0.0339. The fraction of sp³-hybridized carbons (Fsp3) is 0.364. The zero-order chi connectivity index (χ0) is 17.9. The second-order valence-electron chi connectivity index (χ2n) is 7.20. The smallest absolute Gasteiger partial charge is 0.195 e. The number of likely N-dealkylation sites (tertiary alicyclic amines) is 1. The van der Waals surface area contributed by atoms with Gasteiger partial charge in [-0.05, 0) is 37.1 Å². The molecule has 0 amide bonds. The number of aromatic nitrogens is 2. The van der Waals surface area contributed by atoms with E-state index >= 15 is 0 Å². The molecule has 3 aromatic rings. The zero-order valence-electron chi connectivity index (χ0n) is 15.3. The largest absolute Gasteiger partial charge is 0.320 e. The number of Topliss-reactive ketones (excluding diaryl/α,β-unsaturated/α-hetero) is 1. The summed E-state index contributed by atoms with van der Waals surface area (Å²) in [6, 6.07) is 19.1. The van der Waals surface area contributed by atoms with Crippen LogP contribution in [0.25, 0.3) is 11.0 Å². The summed E-state index contributed by atoms with van der Waals surface area (Å²) in [6.07, 6.45) is 3.66. The van der Waals surface area contributed by atoms with Gasteiger partial charge < -0.3 is 4.57 Å². The standard InChI is InChI=1S/C22H25N3O/c1-17(26)22-23-20-12-5-6-13-21(20)25(22)16-19-11-7-8-14-24(19)15-18-9-3-2-4-10-18/h2-6,9-10,12-13,19H,7-8,11,14-16H2,1H3/t19-/m0/s1. The van der Waals surface area contributed by atoms with Crippen molar-refractivity contribution < 1.29 is 4.79 Å². The van der Waals surface area contributed by atoms with E-state index in [0.29, 0.717) is 11.9 Å². The van der Waals surface area contributed by atoms with Crippen molar-refractivity contribution in [1.29, 1.82) is 0 Å². The summed E-state index contributed by atoms with van der Waals surface area (Å²) in [5, 5.41) is 0. The van der Waals surface area contributed by atoms with Crippen LogP contribution >= 0.6 is 0 Å². The predicted molar refractivity (Wildman–Crippen MR) is 104 cm³/mol. The molecule has 0 spiro atoms. The first-order valence-corrected chi connectivity index (χ1v) is 9.46. The van der Waals surface area contributed by atoms with E-state index in [4.69, 9.17) is 0 Å². The molecule has 2 heterocycles. The number of fused-ring (bicyclic) bond motifs is 1. The number of rotatable bonds is 5. The molecule has 2 aromatic carbocycles. The van der Waals surface area contributed by atoms with Gasteiger partial charge in [-0.2, -0.15) is 0 Å². The van der Waals surface area contributed by atoms with Gasteiger partial charge in [-0.15, -0.1) is 0 Å². The Morgan fingerprint density at radius 3 is 2.65 bits per heavy atom. The molecule has 0 aliphatic carbocycles. The fourth-order valence-electron chi connectivity index (χ4n) is 4.03. The number of piperidine rings is 1. The SMILES string of the molecule is CC(=O)c1nc2ccccc2n1C[C@@H]1CCCCN1Cc1ccccc1. The van der Waals surface area contributed by atoms with Crippen molar-refractivity contribution in [2.24, 2.45) is 0 Å². The molecular weight excluding hydrogens is 322 g/mol. The molecule has 134 valence electrons. The number of hydrogen-bond acceptors (Lipinski definition) is 3. The van der Waals surface area contributed by atoms with Gasteiger partial charge in [0, 0.05) is 26.1 Å². The summed E-state index contributed by atoms with van der Waals surface area (Å²) < 4.78 is 2.13. The second-order valence-corrected chi connectivity index (χ2v) is 7.20. The summed E-state index contributed by atoms with van der Waals surface area (Å²) in [6.45, 7) is 4.51. The Bertz CT molecular complexity index is 900. The number of benzene rings is 2. The molecule has 1 aromatic heterocycles. The third-order valence-corrected chi connectivity index (χ3v) is 5.34. The van der Waals surface area contributed by atoms with Crippen LogP contribution in [0.4, 0.5) is 0 Å². The lowest BCUT2D eigenvalue weighted by atomic mass is 10.0. The number of imidazole rings is 1. The van der Waals surface area contributed by atoms with Gasteiger partial charge in [0.25, 0.3) is 0 Å². The number of para-hydroxylation sites is 2. The highest BCUT2D eigenvalue weighted by Gasteiger charge is 2.25. The van der Waals surface area contributed by atoms with Gasteiger partial charge in [0.1, 0.15) is 0 Å². The van der Waals surface area contributed by atoms with Crippen LogP contribution in [0.5, 0.6) is 0 Å². The van der Waals surface area contributed by atoms with Gasteiger partial charge in [0.2, 0.25) is 0 Å². The average molecular weight is 347 g/mol. The molecule has 1 fully saturated rings. The van der Waals surface area contributed by atoms with Gasteiger partial charge in [0.15, 0.2) is 11.6 Å². The van der Waals surface area contributed by atoms with E-state index < -0.39 is 0 Å². The first-order valence-electron chi connectivity index (χ1n) is 9.46. The maximum atomic E-state index is 12.2. The molecular formula is C22H25N3O. The molecule has 4 rings (SSSR count). The molecule has 4 nitrogen and oxygen atoms in total. The van der Waals surface area contributed by atoms with E-state index in [1.165, 1.54) is 18.4 Å². The second kappa shape index (κ2) is 7.42. The molecule has 4 heteroatoms. The normalized spacial score (nSPS) is 18.3. The maximum absolute atomic E-state index is 12.2. The number of nitrogens with zero attached hydrogens (tertiary/aromatic N) is 3. The summed E-state index contributed by atoms with van der Waals surface area (Å²) >= 11 is 0. The molecule has 0 unspecified atom stereocenters. The minimum Gasteiger partial charge on any atom is -0.320 e. The van der Waals surface area contributed by atoms with Crippen LogP contribution in [0.15, 0.2) is 54.6 Å². The Labute approximate surface area is 154 Å². The Morgan fingerprint density at radius 2 is 1.85 bits per heavy atom. The van der Waals surface area contributed by atoms with Crippen LogP contribution in [0.1, 0.15) is 42.4 Å². The highest BCUT2D eigenvalue weighted by molar-refractivity contribution is 5.94. The topological polar surface area (TPSA) is 38.1 Å². The number of ketones is 1. The lowest BCUT2D eigenvalue weighted by molar-refractivity contribution is 0.0987. The zero-order valence-corrected chi connectivity index (χ0v) is 15.3. The predicted octanol–water partition coefficient (Wildman–Crippen LogP) is 4.29. The van der Waals surface area contributed by atoms with E-state index in [2.05, 4.69) is 50.8 Å². The Kier molecular flexibility index (Phi) is 4.85. The molecule has 0 N–H and O–H groups in total. The molecule has 0 saturated carbocycles. The van der Waals surface area contributed by atoms with Gasteiger partial charge in [-0.1, -0.05) is 48.9 Å². The summed E-state index contributed by atoms with van der Waals surface area (Å²) in [5.74, 6) is 0.614. The van der Waals surface area contributed by atoms with E-state index in [-0.39, 0.29) is 5.78 Å². The summed E-state index contributed by atoms with van der Waals surface area (Å²) in [7, 11) is 0. The molecule has 26 heavy (non-hydrogen) atoms. The first-order chi connectivity index (χ1) is 12.7.